The molecule has 0 aliphatic heterocycles. The molecule has 0 fully saturated rings. The van der Waals surface area contributed by atoms with Crippen LogP contribution in [0.2, 0.25) is 0 Å². The highest BCUT2D eigenvalue weighted by Gasteiger charge is 2.10. The van der Waals surface area contributed by atoms with Gasteiger partial charge in [0.25, 0.3) is 0 Å². The number of aryl methyl sites for hydroxylation is 1. The van der Waals surface area contributed by atoms with Gasteiger partial charge in [-0.3, -0.25) is 0 Å². The Hall–Kier alpha value is -2.06. The van der Waals surface area contributed by atoms with Crippen LogP contribution in [0, 0.1) is 6.92 Å². The van der Waals surface area contributed by atoms with Crippen LogP contribution in [-0.2, 0) is 6.54 Å². The van der Waals surface area contributed by atoms with E-state index in [1.165, 1.54) is 11.1 Å². The lowest BCUT2D eigenvalue weighted by Crippen LogP contribution is -1.92. The molecule has 0 aliphatic carbocycles. The molecule has 3 rings (SSSR count). The number of hydrogen-bond donors (Lipinski definition) is 1. The standard InChI is InChI=1S/C16H15NO/c1-11-5-2-3-7-14(11)15-8-4-6-12-9-13(10-17)18-16(12)15/h2-9H,10,17H2,1H3. The lowest BCUT2D eigenvalue weighted by atomic mass is 9.99. The van der Waals surface area contributed by atoms with Crippen LogP contribution in [0.25, 0.3) is 22.1 Å². The zero-order valence-electron chi connectivity index (χ0n) is 10.3. The summed E-state index contributed by atoms with van der Waals surface area (Å²) in [7, 11) is 0. The molecule has 0 aliphatic rings. The number of fused-ring (bicyclic) bond motifs is 1. The molecule has 1 aromatic heterocycles. The molecule has 0 amide bonds. The van der Waals surface area contributed by atoms with Gasteiger partial charge in [-0.05, 0) is 24.1 Å². The maximum atomic E-state index is 5.83. The average molecular weight is 237 g/mol. The van der Waals surface area contributed by atoms with Crippen molar-refractivity contribution in [1.82, 2.24) is 0 Å². The average Bonchev–Trinajstić information content (AvgIpc) is 2.82. The van der Waals surface area contributed by atoms with Crippen LogP contribution in [-0.4, -0.2) is 0 Å². The van der Waals surface area contributed by atoms with Crippen LogP contribution in [0.3, 0.4) is 0 Å². The summed E-state index contributed by atoms with van der Waals surface area (Å²) in [6.07, 6.45) is 0. The number of furan rings is 1. The summed E-state index contributed by atoms with van der Waals surface area (Å²) in [6.45, 7) is 2.54. The molecule has 0 saturated heterocycles. The van der Waals surface area contributed by atoms with E-state index in [1.807, 2.05) is 18.2 Å². The summed E-state index contributed by atoms with van der Waals surface area (Å²) in [4.78, 5) is 0. The zero-order valence-corrected chi connectivity index (χ0v) is 10.3. The number of hydrogen-bond acceptors (Lipinski definition) is 2. The van der Waals surface area contributed by atoms with Crippen LogP contribution in [0.15, 0.2) is 52.9 Å². The summed E-state index contributed by atoms with van der Waals surface area (Å²) in [5.41, 5.74) is 10.1. The SMILES string of the molecule is Cc1ccccc1-c1cccc2cc(CN)oc12. The third kappa shape index (κ3) is 1.71. The first-order chi connectivity index (χ1) is 8.79. The van der Waals surface area contributed by atoms with Gasteiger partial charge in [0.15, 0.2) is 0 Å². The second-order valence-electron chi connectivity index (χ2n) is 4.46. The lowest BCUT2D eigenvalue weighted by molar-refractivity contribution is 0.553. The molecule has 0 radical (unpaired) electrons. The highest BCUT2D eigenvalue weighted by molar-refractivity contribution is 5.93. The van der Waals surface area contributed by atoms with Crippen LogP contribution in [0.5, 0.6) is 0 Å². The van der Waals surface area contributed by atoms with Crippen molar-refractivity contribution in [2.75, 3.05) is 0 Å². The second-order valence-corrected chi connectivity index (χ2v) is 4.46. The van der Waals surface area contributed by atoms with Gasteiger partial charge in [-0.2, -0.15) is 0 Å². The van der Waals surface area contributed by atoms with Crippen molar-refractivity contribution in [3.05, 3.63) is 59.9 Å². The molecule has 90 valence electrons. The van der Waals surface area contributed by atoms with Crippen LogP contribution in [0.1, 0.15) is 11.3 Å². The minimum absolute atomic E-state index is 0.432. The molecule has 2 aromatic carbocycles. The molecule has 3 aromatic rings. The van der Waals surface area contributed by atoms with Crippen molar-refractivity contribution >= 4 is 11.0 Å². The first-order valence-electron chi connectivity index (χ1n) is 6.07. The van der Waals surface area contributed by atoms with Gasteiger partial charge < -0.3 is 10.2 Å². The summed E-state index contributed by atoms with van der Waals surface area (Å²) in [5, 5.41) is 1.11. The Kier molecular flexibility index (Phi) is 2.65. The summed E-state index contributed by atoms with van der Waals surface area (Å²) < 4.78 is 5.83. The Morgan fingerprint density at radius 3 is 2.56 bits per heavy atom. The molecule has 0 bridgehead atoms. The van der Waals surface area contributed by atoms with Crippen molar-refractivity contribution in [3.63, 3.8) is 0 Å². The van der Waals surface area contributed by atoms with Crippen LogP contribution >= 0.6 is 0 Å². The Bertz CT molecular complexity index is 697. The fourth-order valence-corrected chi connectivity index (χ4v) is 2.30. The van der Waals surface area contributed by atoms with Crippen molar-refractivity contribution in [2.45, 2.75) is 13.5 Å². The van der Waals surface area contributed by atoms with E-state index in [-0.39, 0.29) is 0 Å². The highest BCUT2D eigenvalue weighted by Crippen LogP contribution is 2.32. The molecular weight excluding hydrogens is 222 g/mol. The number of nitrogens with two attached hydrogens (primary N) is 1. The van der Waals surface area contributed by atoms with Crippen molar-refractivity contribution in [2.24, 2.45) is 5.73 Å². The van der Waals surface area contributed by atoms with Gasteiger partial charge in [-0.1, -0.05) is 42.5 Å². The number of rotatable bonds is 2. The predicted molar refractivity (Wildman–Crippen MR) is 74.3 cm³/mol. The Labute approximate surface area is 106 Å². The fourth-order valence-electron chi connectivity index (χ4n) is 2.30. The normalized spacial score (nSPS) is 11.0. The van der Waals surface area contributed by atoms with Gasteiger partial charge >= 0.3 is 0 Å². The molecule has 2 nitrogen and oxygen atoms in total. The molecule has 0 saturated carbocycles. The topological polar surface area (TPSA) is 39.2 Å². The highest BCUT2D eigenvalue weighted by atomic mass is 16.3. The van der Waals surface area contributed by atoms with Gasteiger partial charge in [-0.15, -0.1) is 0 Å². The minimum Gasteiger partial charge on any atom is -0.459 e. The van der Waals surface area contributed by atoms with E-state index in [0.717, 1.165) is 22.3 Å². The smallest absolute Gasteiger partial charge is 0.142 e. The van der Waals surface area contributed by atoms with E-state index in [4.69, 9.17) is 10.2 Å². The third-order valence-electron chi connectivity index (χ3n) is 3.23. The van der Waals surface area contributed by atoms with Gasteiger partial charge in [0, 0.05) is 10.9 Å². The lowest BCUT2D eigenvalue weighted by Gasteiger charge is -2.06. The van der Waals surface area contributed by atoms with Gasteiger partial charge in [0.05, 0.1) is 6.54 Å². The van der Waals surface area contributed by atoms with E-state index in [1.54, 1.807) is 0 Å². The largest absolute Gasteiger partial charge is 0.459 e. The summed E-state index contributed by atoms with van der Waals surface area (Å²) in [5.74, 6) is 0.825. The first kappa shape index (κ1) is 11.1. The molecular formula is C16H15NO. The van der Waals surface area contributed by atoms with Crippen LogP contribution < -0.4 is 5.73 Å². The Balaban J connectivity index is 2.29. The number of para-hydroxylation sites is 1. The second kappa shape index (κ2) is 4.31. The third-order valence-corrected chi connectivity index (χ3v) is 3.23. The Morgan fingerprint density at radius 2 is 1.78 bits per heavy atom. The summed E-state index contributed by atoms with van der Waals surface area (Å²) >= 11 is 0. The molecule has 0 spiro atoms. The Morgan fingerprint density at radius 1 is 1.00 bits per heavy atom. The maximum absolute atomic E-state index is 5.83. The molecule has 2 N–H and O–H groups in total. The minimum atomic E-state index is 0.432. The quantitative estimate of drug-likeness (QED) is 0.735. The van der Waals surface area contributed by atoms with E-state index in [2.05, 4.69) is 37.3 Å². The van der Waals surface area contributed by atoms with Gasteiger partial charge in [-0.25, -0.2) is 0 Å². The zero-order chi connectivity index (χ0) is 12.5. The van der Waals surface area contributed by atoms with E-state index in [0.29, 0.717) is 6.54 Å². The van der Waals surface area contributed by atoms with Gasteiger partial charge in [0.1, 0.15) is 11.3 Å². The fraction of sp³-hybridized carbons (Fsp3) is 0.125. The van der Waals surface area contributed by atoms with E-state index >= 15 is 0 Å². The van der Waals surface area contributed by atoms with E-state index < -0.39 is 0 Å². The van der Waals surface area contributed by atoms with E-state index in [9.17, 15) is 0 Å². The molecule has 0 unspecified atom stereocenters. The van der Waals surface area contributed by atoms with Crippen molar-refractivity contribution in [3.8, 4) is 11.1 Å². The molecule has 0 atom stereocenters. The van der Waals surface area contributed by atoms with Crippen molar-refractivity contribution < 1.29 is 4.42 Å². The monoisotopic (exact) mass is 237 g/mol. The van der Waals surface area contributed by atoms with Crippen molar-refractivity contribution in [1.29, 1.82) is 0 Å². The predicted octanol–water partition coefficient (Wildman–Crippen LogP) is 3.87. The van der Waals surface area contributed by atoms with Gasteiger partial charge in [0.2, 0.25) is 0 Å². The molecule has 1 heterocycles. The maximum Gasteiger partial charge on any atom is 0.142 e. The number of benzene rings is 2. The molecule has 18 heavy (non-hydrogen) atoms. The van der Waals surface area contributed by atoms with Crippen LogP contribution in [0.4, 0.5) is 0 Å². The molecule has 2 heteroatoms. The first-order valence-corrected chi connectivity index (χ1v) is 6.07. The summed E-state index contributed by atoms with van der Waals surface area (Å²) in [6, 6.07) is 16.5.